The van der Waals surface area contributed by atoms with E-state index in [2.05, 4.69) is 20.3 Å². The molecule has 3 rings (SSSR count). The first-order chi connectivity index (χ1) is 13.1. The number of hydrogen-bond acceptors (Lipinski definition) is 6. The fourth-order valence-corrected chi connectivity index (χ4v) is 2.83. The Morgan fingerprint density at radius 3 is 2.68 bits per heavy atom. The molecule has 1 amide bonds. The molecule has 0 atom stereocenters. The number of aromatic nitrogens is 3. The second-order valence-corrected chi connectivity index (χ2v) is 6.37. The Morgan fingerprint density at radius 1 is 1.29 bits per heavy atom. The summed E-state index contributed by atoms with van der Waals surface area (Å²) in [7, 11) is 0. The minimum absolute atomic E-state index is 0.0620. The van der Waals surface area contributed by atoms with Crippen molar-refractivity contribution in [3.05, 3.63) is 62.8 Å². The molecule has 0 unspecified atom stereocenters. The van der Waals surface area contributed by atoms with Crippen molar-refractivity contribution in [2.45, 2.75) is 12.7 Å². The lowest BCUT2D eigenvalue weighted by molar-refractivity contribution is -0.137. The van der Waals surface area contributed by atoms with Crippen molar-refractivity contribution in [2.24, 2.45) is 0 Å². The first-order valence-electron chi connectivity index (χ1n) is 7.53. The summed E-state index contributed by atoms with van der Waals surface area (Å²) in [6, 6.07) is 1.83. The number of thiazole rings is 1. The summed E-state index contributed by atoms with van der Waals surface area (Å²) in [4.78, 5) is 34.1. The Bertz CT molecular complexity index is 1080. The number of rotatable bonds is 4. The summed E-state index contributed by atoms with van der Waals surface area (Å²) in [5.41, 5.74) is -3.00. The van der Waals surface area contributed by atoms with Crippen LogP contribution in [-0.4, -0.2) is 26.0 Å². The summed E-state index contributed by atoms with van der Waals surface area (Å²) in [6.45, 7) is -0.486. The van der Waals surface area contributed by atoms with Crippen LogP contribution in [0.2, 0.25) is 0 Å². The van der Waals surface area contributed by atoms with E-state index in [0.717, 1.165) is 17.4 Å². The van der Waals surface area contributed by atoms with Gasteiger partial charge in [0.1, 0.15) is 5.82 Å². The highest BCUT2D eigenvalue weighted by atomic mass is 32.1. The third kappa shape index (κ3) is 4.17. The SMILES string of the molecule is O=C(NCc1cc(F)cc(C(F)(F)F)c1)c1nc(-c2nccs2)[nH]c(=O)c1O. The minimum Gasteiger partial charge on any atom is -0.501 e. The predicted octanol–water partition coefficient (Wildman–Crippen LogP) is 2.69. The van der Waals surface area contributed by atoms with Crippen molar-refractivity contribution in [2.75, 3.05) is 0 Å². The first kappa shape index (κ1) is 19.5. The molecule has 7 nitrogen and oxygen atoms in total. The van der Waals surface area contributed by atoms with Gasteiger partial charge in [0.2, 0.25) is 5.75 Å². The quantitative estimate of drug-likeness (QED) is 0.569. The van der Waals surface area contributed by atoms with Gasteiger partial charge in [0.05, 0.1) is 5.56 Å². The topological polar surface area (TPSA) is 108 Å². The van der Waals surface area contributed by atoms with Crippen molar-refractivity contribution < 1.29 is 27.5 Å². The van der Waals surface area contributed by atoms with Gasteiger partial charge in [-0.05, 0) is 23.8 Å². The Kier molecular flexibility index (Phi) is 5.14. The molecule has 0 radical (unpaired) electrons. The summed E-state index contributed by atoms with van der Waals surface area (Å²) < 4.78 is 51.7. The van der Waals surface area contributed by atoms with Gasteiger partial charge in [-0.3, -0.25) is 9.59 Å². The lowest BCUT2D eigenvalue weighted by Gasteiger charge is -2.11. The van der Waals surface area contributed by atoms with E-state index >= 15 is 0 Å². The number of H-pyrrole nitrogens is 1. The van der Waals surface area contributed by atoms with Gasteiger partial charge in [0, 0.05) is 18.1 Å². The molecule has 0 saturated heterocycles. The number of nitrogens with one attached hydrogen (secondary N) is 2. The summed E-state index contributed by atoms with van der Waals surface area (Å²) in [5.74, 6) is -3.18. The zero-order valence-corrected chi connectivity index (χ0v) is 14.5. The molecular weight excluding hydrogens is 404 g/mol. The monoisotopic (exact) mass is 414 g/mol. The van der Waals surface area contributed by atoms with E-state index < -0.39 is 47.0 Å². The molecule has 0 aliphatic carbocycles. The molecule has 0 saturated carbocycles. The molecule has 2 aromatic heterocycles. The second kappa shape index (κ2) is 7.38. The zero-order valence-electron chi connectivity index (χ0n) is 13.7. The Hall–Kier alpha value is -3.28. The first-order valence-corrected chi connectivity index (χ1v) is 8.41. The highest BCUT2D eigenvalue weighted by Crippen LogP contribution is 2.30. The molecule has 0 fully saturated rings. The molecule has 0 bridgehead atoms. The van der Waals surface area contributed by atoms with E-state index in [9.17, 15) is 32.3 Å². The van der Waals surface area contributed by atoms with Gasteiger partial charge in [0.15, 0.2) is 16.5 Å². The van der Waals surface area contributed by atoms with Crippen LogP contribution in [-0.2, 0) is 12.7 Å². The molecule has 3 aromatic rings. The standard InChI is InChI=1S/C16H10F4N4O3S/c17-9-4-7(3-8(5-9)16(18,19)20)6-22-13(26)10-11(25)14(27)24-12(23-10)15-21-1-2-28-15/h1-5,25H,6H2,(H,22,26)(H,23,24,27). The normalized spacial score (nSPS) is 11.4. The average Bonchev–Trinajstić information content (AvgIpc) is 3.15. The highest BCUT2D eigenvalue weighted by Gasteiger charge is 2.31. The molecule has 0 spiro atoms. The summed E-state index contributed by atoms with van der Waals surface area (Å²) in [5, 5.41) is 13.9. The number of nitrogens with zero attached hydrogens (tertiary/aromatic N) is 2. The number of carbonyl (C=O) groups is 1. The number of amides is 1. The highest BCUT2D eigenvalue weighted by molar-refractivity contribution is 7.13. The lowest BCUT2D eigenvalue weighted by Crippen LogP contribution is -2.27. The molecule has 2 heterocycles. The zero-order chi connectivity index (χ0) is 20.5. The van der Waals surface area contributed by atoms with Crippen molar-refractivity contribution >= 4 is 17.2 Å². The van der Waals surface area contributed by atoms with Crippen LogP contribution >= 0.6 is 11.3 Å². The van der Waals surface area contributed by atoms with Gasteiger partial charge in [-0.25, -0.2) is 14.4 Å². The van der Waals surface area contributed by atoms with Gasteiger partial charge >= 0.3 is 6.18 Å². The molecule has 1 aromatic carbocycles. The fourth-order valence-electron chi connectivity index (χ4n) is 2.25. The van der Waals surface area contributed by atoms with Crippen LogP contribution in [0.15, 0.2) is 34.6 Å². The fraction of sp³-hybridized carbons (Fsp3) is 0.125. The Labute approximate surface area is 157 Å². The Balaban J connectivity index is 1.85. The predicted molar refractivity (Wildman–Crippen MR) is 90.2 cm³/mol. The molecule has 12 heteroatoms. The van der Waals surface area contributed by atoms with Gasteiger partial charge in [-0.15, -0.1) is 11.3 Å². The van der Waals surface area contributed by atoms with Crippen LogP contribution in [0, 0.1) is 5.82 Å². The molecule has 3 N–H and O–H groups in total. The van der Waals surface area contributed by atoms with Crippen LogP contribution < -0.4 is 10.9 Å². The largest absolute Gasteiger partial charge is 0.501 e. The number of aromatic hydroxyl groups is 1. The number of carbonyl (C=O) groups excluding carboxylic acids is 1. The van der Waals surface area contributed by atoms with E-state index in [1.54, 1.807) is 5.38 Å². The van der Waals surface area contributed by atoms with Gasteiger partial charge in [0.25, 0.3) is 11.5 Å². The van der Waals surface area contributed by atoms with Crippen molar-refractivity contribution in [1.29, 1.82) is 0 Å². The maximum absolute atomic E-state index is 13.4. The molecule has 146 valence electrons. The number of aromatic amines is 1. The maximum atomic E-state index is 13.4. The van der Waals surface area contributed by atoms with E-state index in [1.807, 2.05) is 0 Å². The van der Waals surface area contributed by atoms with Crippen LogP contribution in [0.3, 0.4) is 0 Å². The number of benzene rings is 1. The smallest absolute Gasteiger partial charge is 0.416 e. The molecule has 0 aliphatic rings. The second-order valence-electron chi connectivity index (χ2n) is 5.48. The molecule has 0 aliphatic heterocycles. The van der Waals surface area contributed by atoms with E-state index in [4.69, 9.17) is 0 Å². The third-order valence-corrected chi connectivity index (χ3v) is 4.26. The third-order valence-electron chi connectivity index (χ3n) is 3.48. The van der Waals surface area contributed by atoms with Crippen molar-refractivity contribution in [3.8, 4) is 16.6 Å². The van der Waals surface area contributed by atoms with Crippen LogP contribution in [0.1, 0.15) is 21.6 Å². The minimum atomic E-state index is -4.75. The number of halogens is 4. The summed E-state index contributed by atoms with van der Waals surface area (Å²) >= 11 is 1.12. The van der Waals surface area contributed by atoms with E-state index in [-0.39, 0.29) is 16.4 Å². The average molecular weight is 414 g/mol. The van der Waals surface area contributed by atoms with Crippen LogP contribution in [0.25, 0.3) is 10.8 Å². The van der Waals surface area contributed by atoms with Crippen LogP contribution in [0.4, 0.5) is 17.6 Å². The van der Waals surface area contributed by atoms with Gasteiger partial charge in [-0.1, -0.05) is 0 Å². The molecular formula is C16H10F4N4O3S. The van der Waals surface area contributed by atoms with Crippen molar-refractivity contribution in [3.63, 3.8) is 0 Å². The van der Waals surface area contributed by atoms with E-state index in [0.29, 0.717) is 12.1 Å². The Morgan fingerprint density at radius 2 is 2.04 bits per heavy atom. The van der Waals surface area contributed by atoms with Crippen LogP contribution in [0.5, 0.6) is 5.75 Å². The van der Waals surface area contributed by atoms with Crippen molar-refractivity contribution in [1.82, 2.24) is 20.3 Å². The number of hydrogen-bond donors (Lipinski definition) is 3. The van der Waals surface area contributed by atoms with E-state index in [1.165, 1.54) is 6.20 Å². The van der Waals surface area contributed by atoms with Gasteiger partial charge in [-0.2, -0.15) is 13.2 Å². The maximum Gasteiger partial charge on any atom is 0.416 e. The molecule has 28 heavy (non-hydrogen) atoms. The summed E-state index contributed by atoms with van der Waals surface area (Å²) in [6.07, 6.45) is -3.31. The number of alkyl halides is 3. The van der Waals surface area contributed by atoms with Gasteiger partial charge < -0.3 is 15.4 Å². The lowest BCUT2D eigenvalue weighted by atomic mass is 10.1.